The molecule has 0 saturated heterocycles. The molecule has 0 amide bonds. The molecule has 1 heteroatoms. The second-order valence-electron chi connectivity index (χ2n) is 5.76. The number of nitrogens with two attached hydrogens (primary N) is 1. The fourth-order valence-electron chi connectivity index (χ4n) is 1.69. The van der Waals surface area contributed by atoms with E-state index in [1.807, 2.05) is 0 Å². The minimum Gasteiger partial charge on any atom is -0.325 e. The average molecular weight is 213 g/mol. The van der Waals surface area contributed by atoms with E-state index in [-0.39, 0.29) is 5.54 Å². The van der Waals surface area contributed by atoms with Crippen molar-refractivity contribution in [1.29, 1.82) is 0 Å². The maximum atomic E-state index is 6.32. The normalized spacial score (nSPS) is 19.6. The molecule has 0 aromatic carbocycles. The minimum absolute atomic E-state index is 0.0624. The molecular formula is C14H31N. The molecule has 2 atom stereocenters. The van der Waals surface area contributed by atoms with E-state index in [1.165, 1.54) is 38.5 Å². The molecule has 2 N–H and O–H groups in total. The average Bonchev–Trinajstić information content (AvgIpc) is 2.22. The summed E-state index contributed by atoms with van der Waals surface area (Å²) in [6.07, 6.45) is 7.48. The number of hydrogen-bond acceptors (Lipinski definition) is 1. The Morgan fingerprint density at radius 3 is 1.53 bits per heavy atom. The third kappa shape index (κ3) is 7.84. The van der Waals surface area contributed by atoms with Gasteiger partial charge in [0.2, 0.25) is 0 Å². The van der Waals surface area contributed by atoms with Gasteiger partial charge in [0, 0.05) is 5.54 Å². The third-order valence-electron chi connectivity index (χ3n) is 3.81. The van der Waals surface area contributed by atoms with Crippen LogP contribution in [0.4, 0.5) is 0 Å². The van der Waals surface area contributed by atoms with Gasteiger partial charge in [-0.25, -0.2) is 0 Å². The largest absolute Gasteiger partial charge is 0.325 e. The zero-order valence-electron chi connectivity index (χ0n) is 11.5. The summed E-state index contributed by atoms with van der Waals surface area (Å²) in [5, 5.41) is 0. The lowest BCUT2D eigenvalue weighted by atomic mass is 9.85. The van der Waals surface area contributed by atoms with E-state index in [2.05, 4.69) is 34.6 Å². The molecule has 0 bridgehead atoms. The Bertz CT molecular complexity index is 135. The lowest BCUT2D eigenvalue weighted by Gasteiger charge is -2.27. The van der Waals surface area contributed by atoms with Gasteiger partial charge in [-0.2, -0.15) is 0 Å². The summed E-state index contributed by atoms with van der Waals surface area (Å²) >= 11 is 0. The smallest absolute Gasteiger partial charge is 0.0126 e. The maximum Gasteiger partial charge on any atom is 0.0126 e. The predicted octanol–water partition coefficient (Wildman–Crippen LogP) is 4.36. The Morgan fingerprint density at radius 1 is 0.933 bits per heavy atom. The molecule has 0 rings (SSSR count). The van der Waals surface area contributed by atoms with Gasteiger partial charge in [0.05, 0.1) is 0 Å². The summed E-state index contributed by atoms with van der Waals surface area (Å²) < 4.78 is 0. The van der Waals surface area contributed by atoms with Crippen LogP contribution in [-0.4, -0.2) is 5.54 Å². The van der Waals surface area contributed by atoms with Crippen LogP contribution in [0, 0.1) is 11.8 Å². The summed E-state index contributed by atoms with van der Waals surface area (Å²) in [4.78, 5) is 0. The Balaban J connectivity index is 3.75. The van der Waals surface area contributed by atoms with E-state index in [0.29, 0.717) is 0 Å². The molecule has 0 aromatic heterocycles. The fourth-order valence-corrected chi connectivity index (χ4v) is 1.69. The van der Waals surface area contributed by atoms with E-state index in [4.69, 9.17) is 5.73 Å². The molecule has 0 aromatic rings. The highest BCUT2D eigenvalue weighted by Crippen LogP contribution is 2.23. The highest BCUT2D eigenvalue weighted by molar-refractivity contribution is 4.79. The van der Waals surface area contributed by atoms with Crippen molar-refractivity contribution >= 4 is 0 Å². The summed E-state index contributed by atoms with van der Waals surface area (Å²) in [6, 6.07) is 0. The van der Waals surface area contributed by atoms with Crippen LogP contribution >= 0.6 is 0 Å². The van der Waals surface area contributed by atoms with Gasteiger partial charge in [-0.3, -0.25) is 0 Å². The van der Waals surface area contributed by atoms with Gasteiger partial charge in [-0.05, 0) is 44.4 Å². The van der Waals surface area contributed by atoms with Gasteiger partial charge < -0.3 is 5.73 Å². The van der Waals surface area contributed by atoms with Crippen LogP contribution in [-0.2, 0) is 0 Å². The second-order valence-corrected chi connectivity index (χ2v) is 5.76. The molecule has 0 heterocycles. The first-order valence-corrected chi connectivity index (χ1v) is 6.70. The van der Waals surface area contributed by atoms with E-state index in [9.17, 15) is 0 Å². The molecule has 2 unspecified atom stereocenters. The Kier molecular flexibility index (Phi) is 7.25. The summed E-state index contributed by atoms with van der Waals surface area (Å²) in [7, 11) is 0. The summed E-state index contributed by atoms with van der Waals surface area (Å²) in [5.41, 5.74) is 6.39. The first kappa shape index (κ1) is 15.0. The standard InChI is InChI=1S/C14H31N/c1-6-12(3)8-10-14(5,15)11-9-13(4)7-2/h12-13H,6-11,15H2,1-5H3. The molecular weight excluding hydrogens is 182 g/mol. The molecule has 92 valence electrons. The molecule has 0 aliphatic carbocycles. The first-order chi connectivity index (χ1) is 6.91. The van der Waals surface area contributed by atoms with E-state index < -0.39 is 0 Å². The van der Waals surface area contributed by atoms with Crippen molar-refractivity contribution in [2.24, 2.45) is 17.6 Å². The van der Waals surface area contributed by atoms with Crippen LogP contribution in [0.2, 0.25) is 0 Å². The second kappa shape index (κ2) is 7.27. The molecule has 0 aliphatic heterocycles. The van der Waals surface area contributed by atoms with Crippen LogP contribution < -0.4 is 5.73 Å². The number of hydrogen-bond donors (Lipinski definition) is 1. The van der Waals surface area contributed by atoms with Crippen molar-refractivity contribution in [3.63, 3.8) is 0 Å². The lowest BCUT2D eigenvalue weighted by molar-refractivity contribution is 0.320. The van der Waals surface area contributed by atoms with Gasteiger partial charge in [0.15, 0.2) is 0 Å². The van der Waals surface area contributed by atoms with E-state index in [1.54, 1.807) is 0 Å². The maximum absolute atomic E-state index is 6.32. The topological polar surface area (TPSA) is 26.0 Å². The van der Waals surface area contributed by atoms with Crippen molar-refractivity contribution in [3.8, 4) is 0 Å². The summed E-state index contributed by atoms with van der Waals surface area (Å²) in [5.74, 6) is 1.66. The predicted molar refractivity (Wildman–Crippen MR) is 70.0 cm³/mol. The van der Waals surface area contributed by atoms with E-state index in [0.717, 1.165) is 11.8 Å². The van der Waals surface area contributed by atoms with Crippen LogP contribution in [0.3, 0.4) is 0 Å². The van der Waals surface area contributed by atoms with Gasteiger partial charge in [0.1, 0.15) is 0 Å². The SMILES string of the molecule is CCC(C)CCC(C)(N)CCC(C)CC. The molecule has 0 spiro atoms. The first-order valence-electron chi connectivity index (χ1n) is 6.70. The highest BCUT2D eigenvalue weighted by atomic mass is 14.7. The Hall–Kier alpha value is -0.0400. The molecule has 0 radical (unpaired) electrons. The van der Waals surface area contributed by atoms with Crippen LogP contribution in [0.25, 0.3) is 0 Å². The zero-order chi connectivity index (χ0) is 11.9. The minimum atomic E-state index is 0.0624. The Labute approximate surface area is 96.8 Å². The summed E-state index contributed by atoms with van der Waals surface area (Å²) in [6.45, 7) is 11.4. The van der Waals surface area contributed by atoms with Crippen LogP contribution in [0.1, 0.15) is 73.1 Å². The van der Waals surface area contributed by atoms with E-state index >= 15 is 0 Å². The molecule has 0 fully saturated rings. The van der Waals surface area contributed by atoms with Crippen LogP contribution in [0.15, 0.2) is 0 Å². The Morgan fingerprint density at radius 2 is 1.27 bits per heavy atom. The molecule has 1 nitrogen and oxygen atoms in total. The quantitative estimate of drug-likeness (QED) is 0.637. The van der Waals surface area contributed by atoms with Crippen molar-refractivity contribution < 1.29 is 0 Å². The molecule has 15 heavy (non-hydrogen) atoms. The molecule has 0 aliphatic rings. The van der Waals surface area contributed by atoms with Crippen molar-refractivity contribution in [2.75, 3.05) is 0 Å². The van der Waals surface area contributed by atoms with Crippen molar-refractivity contribution in [1.82, 2.24) is 0 Å². The van der Waals surface area contributed by atoms with Crippen LogP contribution in [0.5, 0.6) is 0 Å². The van der Waals surface area contributed by atoms with Gasteiger partial charge in [-0.1, -0.05) is 40.5 Å². The fraction of sp³-hybridized carbons (Fsp3) is 1.00. The van der Waals surface area contributed by atoms with Gasteiger partial charge in [-0.15, -0.1) is 0 Å². The van der Waals surface area contributed by atoms with Crippen molar-refractivity contribution in [2.45, 2.75) is 78.7 Å². The number of rotatable bonds is 8. The lowest BCUT2D eigenvalue weighted by Crippen LogP contribution is -2.36. The van der Waals surface area contributed by atoms with Crippen molar-refractivity contribution in [3.05, 3.63) is 0 Å². The van der Waals surface area contributed by atoms with Gasteiger partial charge in [0.25, 0.3) is 0 Å². The molecule has 0 saturated carbocycles. The van der Waals surface area contributed by atoms with Gasteiger partial charge >= 0.3 is 0 Å². The monoisotopic (exact) mass is 213 g/mol. The third-order valence-corrected chi connectivity index (χ3v) is 3.81. The highest BCUT2D eigenvalue weighted by Gasteiger charge is 2.19. The zero-order valence-corrected chi connectivity index (χ0v) is 11.5.